The molecule has 0 amide bonds. The van der Waals surface area contributed by atoms with Crippen molar-refractivity contribution in [3.05, 3.63) is 62.0 Å². The lowest BCUT2D eigenvalue weighted by atomic mass is 10.1. The van der Waals surface area contributed by atoms with Gasteiger partial charge in [-0.3, -0.25) is 0 Å². The Morgan fingerprint density at radius 3 is 1.40 bits per heavy atom. The highest BCUT2D eigenvalue weighted by molar-refractivity contribution is 9.10. The van der Waals surface area contributed by atoms with Crippen molar-refractivity contribution in [1.29, 1.82) is 0 Å². The molecule has 0 spiro atoms. The Bertz CT molecular complexity index is 1040. The summed E-state index contributed by atoms with van der Waals surface area (Å²) in [6.45, 7) is 7.64. The molecule has 0 aliphatic rings. The van der Waals surface area contributed by atoms with E-state index in [0.717, 1.165) is 23.8 Å². The Kier molecular flexibility index (Phi) is 16.1. The molecule has 35 heavy (non-hydrogen) atoms. The summed E-state index contributed by atoms with van der Waals surface area (Å²) in [6.07, 6.45) is -8.77. The van der Waals surface area contributed by atoms with Crippen molar-refractivity contribution in [3.63, 3.8) is 0 Å². The number of hydrogen-bond donors (Lipinski definition) is 1. The van der Waals surface area contributed by atoms with E-state index in [9.17, 15) is 34.8 Å². The summed E-state index contributed by atoms with van der Waals surface area (Å²) in [6, 6.07) is 5.70. The third-order valence-corrected chi connectivity index (χ3v) is 6.17. The highest BCUT2D eigenvalue weighted by Crippen LogP contribution is 2.34. The van der Waals surface area contributed by atoms with E-state index in [1.807, 2.05) is 20.8 Å². The van der Waals surface area contributed by atoms with E-state index in [-0.39, 0.29) is 15.4 Å². The van der Waals surface area contributed by atoms with Crippen molar-refractivity contribution in [2.45, 2.75) is 50.5 Å². The maximum absolute atomic E-state index is 12.2. The van der Waals surface area contributed by atoms with E-state index in [4.69, 9.17) is 39.6 Å². The molecule has 3 nitrogen and oxygen atoms in total. The number of halogens is 11. The van der Waals surface area contributed by atoms with Crippen LogP contribution in [0.4, 0.5) is 26.3 Å². The predicted octanol–water partition coefficient (Wildman–Crippen LogP) is 9.34. The fraction of sp³-hybridized carbons (Fsp3) is 0.400. The molecular weight excluding hydrogens is 698 g/mol. The van der Waals surface area contributed by atoms with Gasteiger partial charge in [0.1, 0.15) is 0 Å². The van der Waals surface area contributed by atoms with Crippen molar-refractivity contribution in [1.82, 2.24) is 0 Å². The summed E-state index contributed by atoms with van der Waals surface area (Å²) >= 11 is 15.3. The minimum absolute atomic E-state index is 0. The van der Waals surface area contributed by atoms with E-state index in [1.54, 1.807) is 6.92 Å². The Morgan fingerprint density at radius 1 is 0.829 bits per heavy atom. The van der Waals surface area contributed by atoms with Gasteiger partial charge in [-0.1, -0.05) is 22.0 Å². The van der Waals surface area contributed by atoms with Gasteiger partial charge in [0.15, 0.2) is 0 Å². The topological polar surface area (TPSA) is 60.2 Å². The van der Waals surface area contributed by atoms with Crippen LogP contribution in [0.15, 0.2) is 50.2 Å². The largest absolute Gasteiger partial charge is 0.416 e. The molecule has 202 valence electrons. The molecule has 0 bridgehead atoms. The summed E-state index contributed by atoms with van der Waals surface area (Å²) in [7, 11) is 0.954. The van der Waals surface area contributed by atoms with Crippen LogP contribution in [0, 0.1) is 6.92 Å². The quantitative estimate of drug-likeness (QED) is 0.182. The van der Waals surface area contributed by atoms with Crippen LogP contribution in [0.5, 0.6) is 0 Å². The van der Waals surface area contributed by atoms with Crippen molar-refractivity contribution in [2.24, 2.45) is 5.73 Å². The summed E-state index contributed by atoms with van der Waals surface area (Å²) in [5, 5.41) is 0.194. The second kappa shape index (κ2) is 15.2. The first-order valence-electron chi connectivity index (χ1n) is 9.00. The zero-order valence-corrected chi connectivity index (χ0v) is 24.9. The maximum Gasteiger partial charge on any atom is 0.416 e. The normalized spacial score (nSPS) is 11.8. The van der Waals surface area contributed by atoms with Gasteiger partial charge in [-0.15, -0.1) is 23.2 Å². The van der Waals surface area contributed by atoms with E-state index < -0.39 is 37.4 Å². The van der Waals surface area contributed by atoms with Gasteiger partial charge in [0.25, 0.3) is 9.05 Å². The Morgan fingerprint density at radius 2 is 1.14 bits per heavy atom. The Balaban J connectivity index is 0. The van der Waals surface area contributed by atoms with Gasteiger partial charge >= 0.3 is 12.4 Å². The first kappa shape index (κ1) is 36.9. The van der Waals surface area contributed by atoms with Gasteiger partial charge in [0.2, 0.25) is 0 Å². The average molecular weight is 721 g/mol. The molecule has 0 saturated carbocycles. The lowest BCUT2D eigenvalue weighted by Crippen LogP contribution is -2.26. The molecule has 0 fully saturated rings. The zero-order valence-electron chi connectivity index (χ0n) is 18.6. The molecule has 0 radical (unpaired) electrons. The number of aryl methyl sites for hydroxylation is 1. The molecule has 2 aromatic rings. The van der Waals surface area contributed by atoms with Crippen molar-refractivity contribution >= 4 is 74.8 Å². The van der Waals surface area contributed by atoms with Crippen LogP contribution in [0.1, 0.15) is 37.5 Å². The molecule has 0 unspecified atom stereocenters. The van der Waals surface area contributed by atoms with Gasteiger partial charge in [0, 0.05) is 25.2 Å². The summed E-state index contributed by atoms with van der Waals surface area (Å²) in [5.74, 6) is 0. The highest BCUT2D eigenvalue weighted by Gasteiger charge is 2.32. The fourth-order valence-corrected chi connectivity index (χ4v) is 4.25. The number of benzene rings is 2. The van der Waals surface area contributed by atoms with Gasteiger partial charge in [0.05, 0.1) is 21.4 Å². The summed E-state index contributed by atoms with van der Waals surface area (Å²) < 4.78 is 94.8. The van der Waals surface area contributed by atoms with E-state index in [1.165, 1.54) is 6.07 Å². The van der Waals surface area contributed by atoms with Crippen molar-refractivity contribution in [3.8, 4) is 0 Å². The maximum atomic E-state index is 12.2. The second-order valence-corrected chi connectivity index (χ2v) is 12.6. The van der Waals surface area contributed by atoms with Crippen LogP contribution in [0.3, 0.4) is 0 Å². The molecule has 2 N–H and O–H groups in total. The fourth-order valence-electron chi connectivity index (χ4n) is 1.64. The van der Waals surface area contributed by atoms with Gasteiger partial charge in [-0.05, 0) is 79.5 Å². The predicted molar refractivity (Wildman–Crippen MR) is 137 cm³/mol. The number of alkyl halides is 8. The Hall–Kier alpha value is -0.240. The van der Waals surface area contributed by atoms with Crippen LogP contribution < -0.4 is 5.73 Å². The van der Waals surface area contributed by atoms with Crippen LogP contribution in [0.25, 0.3) is 0 Å². The lowest BCUT2D eigenvalue weighted by Gasteiger charge is -2.08. The van der Waals surface area contributed by atoms with Gasteiger partial charge in [-0.25, -0.2) is 8.42 Å². The van der Waals surface area contributed by atoms with Gasteiger partial charge in [-0.2, -0.15) is 26.3 Å². The zero-order chi connectivity index (χ0) is 28.4. The first-order valence-corrected chi connectivity index (χ1v) is 14.0. The molecule has 0 aromatic heterocycles. The molecule has 2 aromatic carbocycles. The Labute approximate surface area is 232 Å². The van der Waals surface area contributed by atoms with Gasteiger partial charge < -0.3 is 5.73 Å². The van der Waals surface area contributed by atoms with E-state index in [0.29, 0.717) is 16.6 Å². The third-order valence-electron chi connectivity index (χ3n) is 3.02. The summed E-state index contributed by atoms with van der Waals surface area (Å²) in [5.41, 5.74) is 4.58. The number of rotatable bonds is 1. The molecule has 0 aliphatic carbocycles. The number of hydrogen-bond acceptors (Lipinski definition) is 3. The summed E-state index contributed by atoms with van der Waals surface area (Å²) in [4.78, 5) is -0.392. The minimum Gasteiger partial charge on any atom is -0.326 e. The van der Waals surface area contributed by atoms with E-state index >= 15 is 0 Å². The minimum atomic E-state index is -4.52. The van der Waals surface area contributed by atoms with Crippen molar-refractivity contribution in [2.75, 3.05) is 5.34 Å². The van der Waals surface area contributed by atoms with Crippen LogP contribution in [-0.4, -0.2) is 19.3 Å². The van der Waals surface area contributed by atoms with Crippen LogP contribution >= 0.6 is 65.7 Å². The molecule has 15 heteroatoms. The van der Waals surface area contributed by atoms with Crippen molar-refractivity contribution < 1.29 is 34.8 Å². The number of nitrogens with two attached hydrogens (primary N) is 1. The SMILES string of the molecule is CC(C)(C)N.Cc1ccc(C(F)(F)F)cc1Br.ClCCl.O=S(=O)(Cl)c1ccc(C(F)(F)F)cc1Br. The van der Waals surface area contributed by atoms with E-state index in [2.05, 4.69) is 31.9 Å². The molecular formula is C20H22Br2Cl3F6NO2S. The molecule has 0 atom stereocenters. The third kappa shape index (κ3) is 17.8. The highest BCUT2D eigenvalue weighted by atomic mass is 79.9. The van der Waals surface area contributed by atoms with Crippen LogP contribution in [0.2, 0.25) is 0 Å². The lowest BCUT2D eigenvalue weighted by molar-refractivity contribution is -0.138. The monoisotopic (exact) mass is 717 g/mol. The molecule has 0 heterocycles. The van der Waals surface area contributed by atoms with Crippen LogP contribution in [-0.2, 0) is 21.4 Å². The smallest absolute Gasteiger partial charge is 0.326 e. The molecule has 2 rings (SSSR count). The second-order valence-electron chi connectivity index (χ2n) is 7.51. The average Bonchev–Trinajstić information content (AvgIpc) is 2.61. The standard InChI is InChI=1S/C8H6BrF3.C7H3BrClF3O2S.C4H11N.CH2Cl2/c1-5-2-3-6(4-7(5)9)8(10,11)12;8-5-3-4(7(10,11)12)1-2-6(5)15(9,13)14;1-4(2,3)5;2-1-3/h2-4H,1H3;1-3H;5H2,1-3H3;1H2. The molecule has 0 aliphatic heterocycles. The molecule has 0 saturated heterocycles. The first-order chi connectivity index (χ1) is 15.4.